The molecule has 5 nitrogen and oxygen atoms in total. The molecule has 2 N–H and O–H groups in total. The predicted octanol–water partition coefficient (Wildman–Crippen LogP) is 2.79. The standard InChI is InChI=1S/C15H15BrN2O3/c16-10-7-5-9(6-8-10)12-13(19)17-15(21)18(14(12)20)11-3-1-2-4-11/h5-8,11,20H,1-4H2,(H,17,19,21). The van der Waals surface area contributed by atoms with Crippen LogP contribution in [0.3, 0.4) is 0 Å². The van der Waals surface area contributed by atoms with Gasteiger partial charge in [0.05, 0.1) is 0 Å². The van der Waals surface area contributed by atoms with E-state index in [0.717, 1.165) is 30.2 Å². The van der Waals surface area contributed by atoms with Gasteiger partial charge in [0, 0.05) is 10.5 Å². The zero-order valence-electron chi connectivity index (χ0n) is 11.3. The number of nitrogens with zero attached hydrogens (tertiary/aromatic N) is 1. The molecule has 3 rings (SSSR count). The first-order valence-electron chi connectivity index (χ1n) is 6.91. The topological polar surface area (TPSA) is 75.1 Å². The third-order valence-electron chi connectivity index (χ3n) is 3.94. The second-order valence-corrected chi connectivity index (χ2v) is 6.19. The van der Waals surface area contributed by atoms with Gasteiger partial charge in [-0.05, 0) is 30.5 Å². The van der Waals surface area contributed by atoms with Gasteiger partial charge in [-0.25, -0.2) is 4.79 Å². The molecule has 0 amide bonds. The quantitative estimate of drug-likeness (QED) is 0.874. The van der Waals surface area contributed by atoms with Crippen LogP contribution in [0.1, 0.15) is 31.7 Å². The lowest BCUT2D eigenvalue weighted by Gasteiger charge is -2.17. The molecule has 2 aromatic rings. The number of aromatic hydroxyl groups is 1. The van der Waals surface area contributed by atoms with E-state index in [9.17, 15) is 14.7 Å². The zero-order chi connectivity index (χ0) is 15.0. The first-order valence-corrected chi connectivity index (χ1v) is 7.71. The number of H-pyrrole nitrogens is 1. The van der Waals surface area contributed by atoms with E-state index in [1.165, 1.54) is 4.57 Å². The normalized spacial score (nSPS) is 15.5. The lowest BCUT2D eigenvalue weighted by molar-refractivity contribution is 0.365. The van der Waals surface area contributed by atoms with Crippen LogP contribution < -0.4 is 11.2 Å². The Morgan fingerprint density at radius 2 is 1.76 bits per heavy atom. The predicted molar refractivity (Wildman–Crippen MR) is 83.6 cm³/mol. The highest BCUT2D eigenvalue weighted by Crippen LogP contribution is 2.33. The Balaban J connectivity index is 2.21. The number of rotatable bonds is 2. The van der Waals surface area contributed by atoms with Crippen LogP contribution in [0, 0.1) is 0 Å². The number of halogens is 1. The highest BCUT2D eigenvalue weighted by atomic mass is 79.9. The van der Waals surface area contributed by atoms with Crippen LogP contribution in [0.4, 0.5) is 0 Å². The molecule has 0 spiro atoms. The molecule has 1 heterocycles. The van der Waals surface area contributed by atoms with Gasteiger partial charge in [0.15, 0.2) is 0 Å². The van der Waals surface area contributed by atoms with Gasteiger partial charge < -0.3 is 5.11 Å². The summed E-state index contributed by atoms with van der Waals surface area (Å²) in [4.78, 5) is 26.4. The summed E-state index contributed by atoms with van der Waals surface area (Å²) in [5.74, 6) is -0.238. The van der Waals surface area contributed by atoms with Gasteiger partial charge in [0.25, 0.3) is 5.56 Å². The van der Waals surface area contributed by atoms with Crippen molar-refractivity contribution in [3.8, 4) is 17.0 Å². The van der Waals surface area contributed by atoms with E-state index < -0.39 is 11.2 Å². The van der Waals surface area contributed by atoms with E-state index in [0.29, 0.717) is 5.56 Å². The molecule has 0 atom stereocenters. The molecule has 1 aromatic heterocycles. The summed E-state index contributed by atoms with van der Waals surface area (Å²) >= 11 is 3.33. The summed E-state index contributed by atoms with van der Waals surface area (Å²) in [6.45, 7) is 0. The summed E-state index contributed by atoms with van der Waals surface area (Å²) in [5, 5.41) is 10.5. The van der Waals surface area contributed by atoms with Crippen LogP contribution in [-0.4, -0.2) is 14.7 Å². The number of hydrogen-bond acceptors (Lipinski definition) is 3. The van der Waals surface area contributed by atoms with Crippen LogP contribution in [0.25, 0.3) is 11.1 Å². The van der Waals surface area contributed by atoms with Gasteiger partial charge in [-0.1, -0.05) is 40.9 Å². The van der Waals surface area contributed by atoms with E-state index >= 15 is 0 Å². The van der Waals surface area contributed by atoms with Crippen molar-refractivity contribution in [1.82, 2.24) is 9.55 Å². The first kappa shape index (κ1) is 14.1. The molecule has 0 unspecified atom stereocenters. The summed E-state index contributed by atoms with van der Waals surface area (Å²) in [6, 6.07) is 7.01. The molecule has 1 aliphatic rings. The molecular formula is C15H15BrN2O3. The fourth-order valence-electron chi connectivity index (χ4n) is 2.92. The summed E-state index contributed by atoms with van der Waals surface area (Å²) in [7, 11) is 0. The number of nitrogens with one attached hydrogen (secondary N) is 1. The molecule has 0 bridgehead atoms. The number of benzene rings is 1. The van der Waals surface area contributed by atoms with Crippen molar-refractivity contribution < 1.29 is 5.11 Å². The Bertz CT molecular complexity index is 771. The first-order chi connectivity index (χ1) is 10.1. The lowest BCUT2D eigenvalue weighted by atomic mass is 10.1. The highest BCUT2D eigenvalue weighted by molar-refractivity contribution is 9.10. The molecule has 21 heavy (non-hydrogen) atoms. The highest BCUT2D eigenvalue weighted by Gasteiger charge is 2.24. The fourth-order valence-corrected chi connectivity index (χ4v) is 3.18. The molecule has 1 fully saturated rings. The molecule has 1 aromatic carbocycles. The van der Waals surface area contributed by atoms with Crippen LogP contribution in [-0.2, 0) is 0 Å². The van der Waals surface area contributed by atoms with Crippen molar-refractivity contribution >= 4 is 15.9 Å². The molecule has 0 aliphatic heterocycles. The summed E-state index contributed by atoms with van der Waals surface area (Å²) in [6.07, 6.45) is 3.76. The van der Waals surface area contributed by atoms with Crippen molar-refractivity contribution in [2.75, 3.05) is 0 Å². The third kappa shape index (κ3) is 2.55. The van der Waals surface area contributed by atoms with Gasteiger partial charge in [0.2, 0.25) is 5.88 Å². The maximum atomic E-state index is 12.1. The largest absolute Gasteiger partial charge is 0.494 e. The van der Waals surface area contributed by atoms with Crippen LogP contribution in [0.2, 0.25) is 0 Å². The minimum Gasteiger partial charge on any atom is -0.494 e. The Hall–Kier alpha value is -1.82. The van der Waals surface area contributed by atoms with E-state index in [1.54, 1.807) is 24.3 Å². The molecule has 0 saturated heterocycles. The number of aromatic amines is 1. The van der Waals surface area contributed by atoms with Crippen LogP contribution in [0.15, 0.2) is 38.3 Å². The number of aromatic nitrogens is 2. The molecule has 6 heteroatoms. The molecular weight excluding hydrogens is 336 g/mol. The SMILES string of the molecule is O=c1[nH]c(=O)n(C2CCCC2)c(O)c1-c1ccc(Br)cc1. The Morgan fingerprint density at radius 1 is 1.14 bits per heavy atom. The maximum Gasteiger partial charge on any atom is 0.331 e. The van der Waals surface area contributed by atoms with Crippen LogP contribution >= 0.6 is 15.9 Å². The van der Waals surface area contributed by atoms with Gasteiger partial charge in [-0.3, -0.25) is 14.3 Å². The van der Waals surface area contributed by atoms with Gasteiger partial charge >= 0.3 is 5.69 Å². The van der Waals surface area contributed by atoms with E-state index in [4.69, 9.17) is 0 Å². The minimum absolute atomic E-state index is 0.0384. The molecule has 1 saturated carbocycles. The average molecular weight is 351 g/mol. The zero-order valence-corrected chi connectivity index (χ0v) is 12.9. The monoisotopic (exact) mass is 350 g/mol. The average Bonchev–Trinajstić information content (AvgIpc) is 2.94. The van der Waals surface area contributed by atoms with Gasteiger partial charge in [-0.2, -0.15) is 0 Å². The summed E-state index contributed by atoms with van der Waals surface area (Å²) < 4.78 is 2.21. The second-order valence-electron chi connectivity index (χ2n) is 5.27. The number of hydrogen-bond donors (Lipinski definition) is 2. The summed E-state index contributed by atoms with van der Waals surface area (Å²) in [5.41, 5.74) is -0.364. The van der Waals surface area contributed by atoms with E-state index in [2.05, 4.69) is 20.9 Å². The van der Waals surface area contributed by atoms with E-state index in [1.807, 2.05) is 0 Å². The Labute approximate surface area is 129 Å². The second kappa shape index (κ2) is 5.52. The van der Waals surface area contributed by atoms with Crippen molar-refractivity contribution in [3.63, 3.8) is 0 Å². The van der Waals surface area contributed by atoms with Crippen molar-refractivity contribution in [2.24, 2.45) is 0 Å². The molecule has 110 valence electrons. The maximum absolute atomic E-state index is 12.1. The lowest BCUT2D eigenvalue weighted by Crippen LogP contribution is -2.32. The van der Waals surface area contributed by atoms with E-state index in [-0.39, 0.29) is 17.5 Å². The molecule has 1 aliphatic carbocycles. The minimum atomic E-state index is -0.561. The van der Waals surface area contributed by atoms with Crippen molar-refractivity contribution in [3.05, 3.63) is 49.6 Å². The van der Waals surface area contributed by atoms with Gasteiger partial charge in [-0.15, -0.1) is 0 Å². The third-order valence-corrected chi connectivity index (χ3v) is 4.47. The van der Waals surface area contributed by atoms with Crippen molar-refractivity contribution in [2.45, 2.75) is 31.7 Å². The fraction of sp³-hybridized carbons (Fsp3) is 0.333. The van der Waals surface area contributed by atoms with Crippen LogP contribution in [0.5, 0.6) is 5.88 Å². The Morgan fingerprint density at radius 3 is 2.38 bits per heavy atom. The molecule has 0 radical (unpaired) electrons. The van der Waals surface area contributed by atoms with Crippen molar-refractivity contribution in [1.29, 1.82) is 0 Å². The smallest absolute Gasteiger partial charge is 0.331 e. The van der Waals surface area contributed by atoms with Gasteiger partial charge in [0.1, 0.15) is 5.56 Å². The Kier molecular flexibility index (Phi) is 3.71.